The molecular weight excluding hydrogens is 264 g/mol. The molecule has 2 N–H and O–H groups in total. The molecule has 7 nitrogen and oxygen atoms in total. The van der Waals surface area contributed by atoms with Gasteiger partial charge in [0.2, 0.25) is 5.91 Å². The summed E-state index contributed by atoms with van der Waals surface area (Å²) in [6.45, 7) is 0.211. The molecule has 0 radical (unpaired) electrons. The molecule has 0 spiro atoms. The van der Waals surface area contributed by atoms with Crippen LogP contribution in [0, 0.1) is 10.1 Å². The van der Waals surface area contributed by atoms with Crippen LogP contribution in [0.2, 0.25) is 0 Å². The van der Waals surface area contributed by atoms with E-state index in [9.17, 15) is 14.9 Å². The van der Waals surface area contributed by atoms with Crippen molar-refractivity contribution in [3.63, 3.8) is 0 Å². The number of benzene rings is 1. The molecule has 1 aromatic rings. The predicted molar refractivity (Wildman–Crippen MR) is 72.3 cm³/mol. The van der Waals surface area contributed by atoms with Gasteiger partial charge in [0.15, 0.2) is 0 Å². The van der Waals surface area contributed by atoms with Crippen molar-refractivity contribution in [3.8, 4) is 0 Å². The van der Waals surface area contributed by atoms with Gasteiger partial charge in [0.05, 0.1) is 24.0 Å². The van der Waals surface area contributed by atoms with Gasteiger partial charge < -0.3 is 15.2 Å². The molecule has 0 aliphatic carbocycles. The van der Waals surface area contributed by atoms with Crippen LogP contribution in [-0.4, -0.2) is 42.3 Å². The first-order chi connectivity index (χ1) is 9.58. The minimum absolute atomic E-state index is 0.0697. The second-order valence-electron chi connectivity index (χ2n) is 4.29. The van der Waals surface area contributed by atoms with Crippen molar-refractivity contribution in [3.05, 3.63) is 39.9 Å². The summed E-state index contributed by atoms with van der Waals surface area (Å²) < 4.78 is 4.94. The van der Waals surface area contributed by atoms with Crippen LogP contribution in [0.15, 0.2) is 24.3 Å². The Labute approximate surface area is 116 Å². The van der Waals surface area contributed by atoms with Crippen molar-refractivity contribution in [2.24, 2.45) is 0 Å². The molecule has 0 aromatic heterocycles. The fourth-order valence-corrected chi connectivity index (χ4v) is 1.84. The minimum atomic E-state index is -0.511. The predicted octanol–water partition coefficient (Wildman–Crippen LogP) is 0.651. The summed E-state index contributed by atoms with van der Waals surface area (Å²) in [6.07, 6.45) is 0.291. The molecule has 0 bridgehead atoms. The summed E-state index contributed by atoms with van der Waals surface area (Å²) in [7, 11) is 1.50. The molecule has 0 saturated carbocycles. The van der Waals surface area contributed by atoms with E-state index in [-0.39, 0.29) is 37.3 Å². The highest BCUT2D eigenvalue weighted by Gasteiger charge is 2.17. The first-order valence-electron chi connectivity index (χ1n) is 6.20. The second kappa shape index (κ2) is 8.23. The van der Waals surface area contributed by atoms with Crippen LogP contribution in [0.5, 0.6) is 0 Å². The number of carbonyl (C=O) groups is 1. The number of nitro groups is 1. The molecule has 1 aromatic carbocycles. The fourth-order valence-electron chi connectivity index (χ4n) is 1.84. The SMILES string of the molecule is COCC(CCO)NC(=O)Cc1ccccc1[N+](=O)[O-]. The van der Waals surface area contributed by atoms with Crippen molar-refractivity contribution in [2.45, 2.75) is 18.9 Å². The number of ether oxygens (including phenoxy) is 1. The van der Waals surface area contributed by atoms with Crippen LogP contribution in [-0.2, 0) is 16.0 Å². The summed E-state index contributed by atoms with van der Waals surface area (Å²) in [5, 5.41) is 22.4. The lowest BCUT2D eigenvalue weighted by molar-refractivity contribution is -0.385. The van der Waals surface area contributed by atoms with E-state index in [2.05, 4.69) is 5.32 Å². The van der Waals surface area contributed by atoms with Crippen molar-refractivity contribution < 1.29 is 19.6 Å². The van der Waals surface area contributed by atoms with Gasteiger partial charge in [-0.3, -0.25) is 14.9 Å². The van der Waals surface area contributed by atoms with E-state index >= 15 is 0 Å². The quantitative estimate of drug-likeness (QED) is 0.538. The number of hydrogen-bond donors (Lipinski definition) is 2. The van der Waals surface area contributed by atoms with E-state index in [0.717, 1.165) is 0 Å². The zero-order valence-electron chi connectivity index (χ0n) is 11.2. The summed E-state index contributed by atoms with van der Waals surface area (Å²) >= 11 is 0. The minimum Gasteiger partial charge on any atom is -0.396 e. The molecule has 0 fully saturated rings. The zero-order chi connectivity index (χ0) is 15.0. The normalized spacial score (nSPS) is 11.9. The Kier molecular flexibility index (Phi) is 6.61. The molecule has 0 aliphatic heterocycles. The third-order valence-electron chi connectivity index (χ3n) is 2.75. The molecular formula is C13H18N2O5. The Morgan fingerprint density at radius 1 is 1.50 bits per heavy atom. The number of nitrogens with zero attached hydrogens (tertiary/aromatic N) is 1. The highest BCUT2D eigenvalue weighted by Crippen LogP contribution is 2.18. The van der Waals surface area contributed by atoms with E-state index in [1.54, 1.807) is 18.2 Å². The number of nitrogens with one attached hydrogen (secondary N) is 1. The summed E-state index contributed by atoms with van der Waals surface area (Å²) in [5.41, 5.74) is 0.281. The van der Waals surface area contributed by atoms with Crippen LogP contribution in [0.4, 0.5) is 5.69 Å². The first kappa shape index (κ1) is 16.1. The lowest BCUT2D eigenvalue weighted by Gasteiger charge is -2.16. The maximum Gasteiger partial charge on any atom is 0.273 e. The maximum atomic E-state index is 11.9. The van der Waals surface area contributed by atoms with E-state index in [4.69, 9.17) is 9.84 Å². The van der Waals surface area contributed by atoms with Crippen LogP contribution in [0.25, 0.3) is 0 Å². The number of methoxy groups -OCH3 is 1. The van der Waals surface area contributed by atoms with Crippen LogP contribution in [0.3, 0.4) is 0 Å². The Balaban J connectivity index is 2.68. The Morgan fingerprint density at radius 3 is 2.80 bits per heavy atom. The molecule has 1 unspecified atom stereocenters. The molecule has 0 saturated heterocycles. The Bertz CT molecular complexity index is 458. The third-order valence-corrected chi connectivity index (χ3v) is 2.75. The molecule has 1 rings (SSSR count). The number of amides is 1. The van der Waals surface area contributed by atoms with Gasteiger partial charge in [-0.15, -0.1) is 0 Å². The first-order valence-corrected chi connectivity index (χ1v) is 6.20. The van der Waals surface area contributed by atoms with Crippen molar-refractivity contribution in [2.75, 3.05) is 20.3 Å². The topological polar surface area (TPSA) is 102 Å². The summed E-state index contributed by atoms with van der Waals surface area (Å²) in [6, 6.07) is 5.81. The largest absolute Gasteiger partial charge is 0.396 e. The maximum absolute atomic E-state index is 11.9. The molecule has 110 valence electrons. The van der Waals surface area contributed by atoms with E-state index in [1.165, 1.54) is 13.2 Å². The van der Waals surface area contributed by atoms with Crippen molar-refractivity contribution in [1.29, 1.82) is 0 Å². The van der Waals surface area contributed by atoms with Gasteiger partial charge in [-0.05, 0) is 6.42 Å². The zero-order valence-corrected chi connectivity index (χ0v) is 11.2. The highest BCUT2D eigenvalue weighted by atomic mass is 16.6. The monoisotopic (exact) mass is 282 g/mol. The van der Waals surface area contributed by atoms with Crippen LogP contribution < -0.4 is 5.32 Å². The average molecular weight is 282 g/mol. The average Bonchev–Trinajstić information content (AvgIpc) is 2.39. The summed E-state index contributed by atoms with van der Waals surface area (Å²) in [4.78, 5) is 22.2. The molecule has 1 atom stereocenters. The standard InChI is InChI=1S/C13H18N2O5/c1-20-9-11(6-7-16)14-13(17)8-10-4-2-3-5-12(10)15(18)19/h2-5,11,16H,6-9H2,1H3,(H,14,17). The Hall–Kier alpha value is -1.99. The third kappa shape index (κ3) is 4.94. The Morgan fingerprint density at radius 2 is 2.20 bits per heavy atom. The van der Waals surface area contributed by atoms with Crippen molar-refractivity contribution >= 4 is 11.6 Å². The number of nitro benzene ring substituents is 1. The number of rotatable bonds is 8. The molecule has 0 aliphatic rings. The van der Waals surface area contributed by atoms with Crippen LogP contribution >= 0.6 is 0 Å². The van der Waals surface area contributed by atoms with Gasteiger partial charge in [0.25, 0.3) is 5.69 Å². The molecule has 0 heterocycles. The highest BCUT2D eigenvalue weighted by molar-refractivity contribution is 5.80. The van der Waals surface area contributed by atoms with Crippen LogP contribution in [0.1, 0.15) is 12.0 Å². The number of para-hydroxylation sites is 1. The fraction of sp³-hybridized carbons (Fsp3) is 0.462. The van der Waals surface area contributed by atoms with Gasteiger partial charge in [0, 0.05) is 25.3 Å². The number of carbonyl (C=O) groups excluding carboxylic acids is 1. The number of aliphatic hydroxyl groups is 1. The second-order valence-corrected chi connectivity index (χ2v) is 4.29. The van der Waals surface area contributed by atoms with Crippen molar-refractivity contribution in [1.82, 2.24) is 5.32 Å². The molecule has 7 heteroatoms. The van der Waals surface area contributed by atoms with E-state index in [1.807, 2.05) is 0 Å². The van der Waals surface area contributed by atoms with E-state index < -0.39 is 4.92 Å². The summed E-state index contributed by atoms with van der Waals surface area (Å²) in [5.74, 6) is -0.338. The number of aliphatic hydroxyl groups excluding tert-OH is 1. The molecule has 1 amide bonds. The number of hydrogen-bond acceptors (Lipinski definition) is 5. The molecule has 20 heavy (non-hydrogen) atoms. The van der Waals surface area contributed by atoms with Gasteiger partial charge in [-0.25, -0.2) is 0 Å². The lowest BCUT2D eigenvalue weighted by Crippen LogP contribution is -2.39. The van der Waals surface area contributed by atoms with Gasteiger partial charge in [0.1, 0.15) is 0 Å². The van der Waals surface area contributed by atoms with Gasteiger partial charge in [-0.2, -0.15) is 0 Å². The van der Waals surface area contributed by atoms with Gasteiger partial charge >= 0.3 is 0 Å². The smallest absolute Gasteiger partial charge is 0.273 e. The van der Waals surface area contributed by atoms with E-state index in [0.29, 0.717) is 12.0 Å². The lowest BCUT2D eigenvalue weighted by atomic mass is 10.1. The van der Waals surface area contributed by atoms with Gasteiger partial charge in [-0.1, -0.05) is 18.2 Å².